The Balaban J connectivity index is 1.17. The lowest BCUT2D eigenvalue weighted by molar-refractivity contribution is -0.235. The van der Waals surface area contributed by atoms with Crippen LogP contribution in [-0.2, 0) is 61.3 Å². The van der Waals surface area contributed by atoms with Gasteiger partial charge in [-0.15, -0.1) is 0 Å². The minimum atomic E-state index is -1.24. The van der Waals surface area contributed by atoms with Gasteiger partial charge in [0.1, 0.15) is 18.3 Å². The maximum Gasteiger partial charge on any atom is 0.220 e. The highest BCUT2D eigenvalue weighted by atomic mass is 16.6. The molecule has 76 heavy (non-hydrogen) atoms. The molecule has 8 atom stereocenters. The summed E-state index contributed by atoms with van der Waals surface area (Å²) in [5.74, 6) is -0.336. The van der Waals surface area contributed by atoms with Crippen molar-refractivity contribution < 1.29 is 38.7 Å². The molecule has 1 saturated carbocycles. The lowest BCUT2D eigenvalue weighted by Gasteiger charge is -2.46. The zero-order valence-electron chi connectivity index (χ0n) is 46.0. The van der Waals surface area contributed by atoms with Gasteiger partial charge in [0, 0.05) is 12.3 Å². The highest BCUT2D eigenvalue weighted by Crippen LogP contribution is 2.36. The van der Waals surface area contributed by atoms with E-state index < -0.39 is 42.7 Å². The lowest BCUT2D eigenvalue weighted by atomic mass is 9.80. The summed E-state index contributed by atoms with van der Waals surface area (Å²) >= 11 is 0. The molecule has 5 aromatic carbocycles. The summed E-state index contributed by atoms with van der Waals surface area (Å²) in [4.78, 5) is 13.9. The molecule has 6 rings (SSSR count). The Morgan fingerprint density at radius 3 is 1.42 bits per heavy atom. The van der Waals surface area contributed by atoms with Crippen LogP contribution >= 0.6 is 0 Å². The van der Waals surface area contributed by atoms with E-state index in [0.29, 0.717) is 52.3 Å². The molecule has 9 heteroatoms. The van der Waals surface area contributed by atoms with Gasteiger partial charge in [-0.25, -0.2) is 0 Å². The maximum atomic E-state index is 13.9. The third-order valence-electron chi connectivity index (χ3n) is 15.0. The summed E-state index contributed by atoms with van der Waals surface area (Å²) in [5, 5.41) is 26.8. The Bertz CT molecular complexity index is 2180. The first-order valence-corrected chi connectivity index (χ1v) is 29.4. The average Bonchev–Trinajstić information content (AvgIpc) is 3.46. The molecule has 0 spiro atoms. The number of carbonyl (C=O) groups is 1. The fraction of sp³-hybridized carbons (Fsp3) is 0.537. The molecule has 0 saturated heterocycles. The Kier molecular flexibility index (Phi) is 29.6. The van der Waals surface area contributed by atoms with Crippen molar-refractivity contribution in [3.63, 3.8) is 0 Å². The van der Waals surface area contributed by atoms with Crippen LogP contribution in [0.15, 0.2) is 152 Å². The number of aryl methyl sites for hydroxylation is 1. The number of aliphatic hydroxyl groups excluding tert-OH is 2. The normalized spacial score (nSPS) is 18.8. The van der Waals surface area contributed by atoms with Crippen LogP contribution in [0.2, 0.25) is 0 Å². The van der Waals surface area contributed by atoms with Gasteiger partial charge in [-0.3, -0.25) is 4.79 Å². The van der Waals surface area contributed by atoms with Crippen LogP contribution in [0.4, 0.5) is 0 Å². The quantitative estimate of drug-likeness (QED) is 0.0332. The van der Waals surface area contributed by atoms with Gasteiger partial charge >= 0.3 is 0 Å². The largest absolute Gasteiger partial charge is 0.390 e. The van der Waals surface area contributed by atoms with Crippen LogP contribution in [0, 0.1) is 5.92 Å². The zero-order chi connectivity index (χ0) is 53.1. The van der Waals surface area contributed by atoms with Crippen molar-refractivity contribution in [2.24, 2.45) is 5.92 Å². The van der Waals surface area contributed by atoms with Crippen LogP contribution in [0.5, 0.6) is 0 Å². The van der Waals surface area contributed by atoms with Gasteiger partial charge in [0.25, 0.3) is 0 Å². The van der Waals surface area contributed by atoms with E-state index in [9.17, 15) is 15.0 Å². The standard InChI is InChI=1S/C67H93NO8/c1-2-3-4-5-6-7-8-9-10-11-14-32-45-61(69)64(71)60(68-63(70)46-33-15-12-13-21-34-54-35-22-16-23-36-54)53-73-62-47-59(52-72-48-55-37-24-17-25-38-55)65(74-49-56-39-26-18-27-40-56)67(76-51-58-43-30-20-31-44-58)66(62)75-50-57-41-28-19-29-42-57/h16-20,22-31,35-44,59-62,64-67,69,71H,2-15,21,32-34,45-53H2,1H3,(H,68,70)/t59-,60+,61-,62+,64+,65+,66+,67+/m1/s1. The molecule has 3 N–H and O–H groups in total. The van der Waals surface area contributed by atoms with Crippen molar-refractivity contribution >= 4 is 5.91 Å². The van der Waals surface area contributed by atoms with E-state index in [1.54, 1.807) is 0 Å². The van der Waals surface area contributed by atoms with E-state index >= 15 is 0 Å². The predicted molar refractivity (Wildman–Crippen MR) is 306 cm³/mol. The minimum absolute atomic E-state index is 0.0315. The van der Waals surface area contributed by atoms with Gasteiger partial charge in [-0.05, 0) is 59.9 Å². The topological polar surface area (TPSA) is 116 Å². The second-order valence-corrected chi connectivity index (χ2v) is 21.3. The van der Waals surface area contributed by atoms with Crippen molar-refractivity contribution in [2.75, 3.05) is 13.2 Å². The van der Waals surface area contributed by atoms with Gasteiger partial charge in [0.2, 0.25) is 5.91 Å². The number of aliphatic hydroxyl groups is 2. The summed E-state index contributed by atoms with van der Waals surface area (Å²) in [6.07, 6.45) is 17.4. The smallest absolute Gasteiger partial charge is 0.220 e. The molecule has 1 aliphatic rings. The molecular weight excluding hydrogens is 947 g/mol. The second-order valence-electron chi connectivity index (χ2n) is 21.3. The van der Waals surface area contributed by atoms with Gasteiger partial charge in [0.15, 0.2) is 0 Å². The highest BCUT2D eigenvalue weighted by molar-refractivity contribution is 5.76. The Labute approximate surface area is 457 Å². The number of amides is 1. The third kappa shape index (κ3) is 23.5. The van der Waals surface area contributed by atoms with Crippen molar-refractivity contribution in [1.82, 2.24) is 5.32 Å². The minimum Gasteiger partial charge on any atom is -0.390 e. The number of ether oxygens (including phenoxy) is 5. The number of benzene rings is 5. The van der Waals surface area contributed by atoms with Gasteiger partial charge in [0.05, 0.1) is 64.0 Å². The molecule has 1 aliphatic carbocycles. The molecule has 414 valence electrons. The molecule has 5 aromatic rings. The third-order valence-corrected chi connectivity index (χ3v) is 15.0. The molecule has 0 bridgehead atoms. The van der Waals surface area contributed by atoms with Crippen LogP contribution in [-0.4, -0.2) is 72.0 Å². The van der Waals surface area contributed by atoms with E-state index in [1.165, 1.54) is 63.4 Å². The molecule has 0 heterocycles. The molecule has 0 aliphatic heterocycles. The van der Waals surface area contributed by atoms with Crippen LogP contribution in [0.25, 0.3) is 0 Å². The number of carbonyl (C=O) groups excluding carboxylic acids is 1. The summed E-state index contributed by atoms with van der Waals surface area (Å²) in [5.41, 5.74) is 5.51. The molecular formula is C67H93NO8. The monoisotopic (exact) mass is 1040 g/mol. The van der Waals surface area contributed by atoms with Crippen molar-refractivity contribution in [1.29, 1.82) is 0 Å². The predicted octanol–water partition coefficient (Wildman–Crippen LogP) is 14.2. The van der Waals surface area contributed by atoms with Crippen molar-refractivity contribution in [3.05, 3.63) is 179 Å². The number of hydrogen-bond donors (Lipinski definition) is 3. The molecule has 0 radical (unpaired) electrons. The van der Waals surface area contributed by atoms with E-state index in [-0.39, 0.29) is 18.4 Å². The van der Waals surface area contributed by atoms with Gasteiger partial charge in [-0.2, -0.15) is 0 Å². The second kappa shape index (κ2) is 37.2. The first-order valence-electron chi connectivity index (χ1n) is 29.4. The number of rotatable bonds is 40. The first kappa shape index (κ1) is 60.5. The molecule has 1 amide bonds. The van der Waals surface area contributed by atoms with E-state index in [0.717, 1.165) is 80.0 Å². The van der Waals surface area contributed by atoms with Crippen LogP contribution < -0.4 is 5.32 Å². The number of unbranched alkanes of at least 4 members (excludes halogenated alkanes) is 15. The summed E-state index contributed by atoms with van der Waals surface area (Å²) in [7, 11) is 0. The van der Waals surface area contributed by atoms with Crippen LogP contribution in [0.3, 0.4) is 0 Å². The fourth-order valence-electron chi connectivity index (χ4n) is 10.5. The van der Waals surface area contributed by atoms with Crippen molar-refractivity contribution in [2.45, 2.75) is 211 Å². The SMILES string of the molecule is CCCCCCCCCCCCCC[C@@H](O)[C@@H](O)[C@H](CO[C@H]1C[C@H](COCc2ccccc2)[C@H](OCc2ccccc2)[C@H](OCc2ccccc2)[C@H]1OCc1ccccc1)NC(=O)CCCCCCCc1ccccc1. The summed E-state index contributed by atoms with van der Waals surface area (Å²) < 4.78 is 34.5. The van der Waals surface area contributed by atoms with Gasteiger partial charge < -0.3 is 39.2 Å². The van der Waals surface area contributed by atoms with Gasteiger partial charge in [-0.1, -0.05) is 255 Å². The average molecular weight is 1040 g/mol. The molecule has 0 unspecified atom stereocenters. The maximum absolute atomic E-state index is 13.9. The summed E-state index contributed by atoms with van der Waals surface area (Å²) in [6.45, 7) is 4.04. The Hall–Kier alpha value is -4.71. The van der Waals surface area contributed by atoms with E-state index in [2.05, 4.69) is 79.0 Å². The highest BCUT2D eigenvalue weighted by Gasteiger charge is 2.48. The van der Waals surface area contributed by atoms with E-state index in [4.69, 9.17) is 23.7 Å². The Morgan fingerprint density at radius 1 is 0.487 bits per heavy atom. The Morgan fingerprint density at radius 2 is 0.908 bits per heavy atom. The van der Waals surface area contributed by atoms with Crippen molar-refractivity contribution in [3.8, 4) is 0 Å². The molecule has 0 aromatic heterocycles. The molecule has 9 nitrogen and oxygen atoms in total. The zero-order valence-corrected chi connectivity index (χ0v) is 46.0. The number of nitrogens with one attached hydrogen (secondary N) is 1. The first-order chi connectivity index (χ1) is 37.5. The lowest BCUT2D eigenvalue weighted by Crippen LogP contribution is -2.59. The summed E-state index contributed by atoms with van der Waals surface area (Å²) in [6, 6.07) is 50.3. The molecule has 1 fully saturated rings. The van der Waals surface area contributed by atoms with Crippen LogP contribution in [0.1, 0.15) is 163 Å². The fourth-order valence-corrected chi connectivity index (χ4v) is 10.5. The van der Waals surface area contributed by atoms with E-state index in [1.807, 2.05) is 84.9 Å². The number of hydrogen-bond acceptors (Lipinski definition) is 8.